The SMILES string of the molecule is Cc1ccc(NC(=O)O)cc1.O=C1C=C(N2CC2)C(=O)C(N2CC2)=C1N1CC1. The Morgan fingerprint density at radius 1 is 0.893 bits per heavy atom. The average molecular weight is 382 g/mol. The summed E-state index contributed by atoms with van der Waals surface area (Å²) in [4.78, 5) is 40.6. The zero-order valence-electron chi connectivity index (χ0n) is 15.6. The quantitative estimate of drug-likeness (QED) is 0.598. The number of hydrogen-bond donors (Lipinski definition) is 2. The summed E-state index contributed by atoms with van der Waals surface area (Å²) < 4.78 is 0. The van der Waals surface area contributed by atoms with E-state index in [2.05, 4.69) is 5.32 Å². The van der Waals surface area contributed by atoms with Crippen molar-refractivity contribution in [2.75, 3.05) is 44.6 Å². The molecule has 3 aliphatic heterocycles. The summed E-state index contributed by atoms with van der Waals surface area (Å²) in [6, 6.07) is 7.16. The third-order valence-corrected chi connectivity index (χ3v) is 4.79. The van der Waals surface area contributed by atoms with E-state index in [1.165, 1.54) is 6.08 Å². The number of carbonyl (C=O) groups excluding carboxylic acids is 2. The van der Waals surface area contributed by atoms with E-state index in [1.54, 1.807) is 12.1 Å². The third-order valence-electron chi connectivity index (χ3n) is 4.79. The van der Waals surface area contributed by atoms with Gasteiger partial charge in [-0.3, -0.25) is 14.9 Å². The number of amides is 1. The first kappa shape index (κ1) is 18.1. The predicted molar refractivity (Wildman–Crippen MR) is 103 cm³/mol. The van der Waals surface area contributed by atoms with Crippen LogP contribution in [0.3, 0.4) is 0 Å². The van der Waals surface area contributed by atoms with Gasteiger partial charge in [-0.15, -0.1) is 0 Å². The minimum absolute atomic E-state index is 0.00546. The van der Waals surface area contributed by atoms with Gasteiger partial charge in [-0.1, -0.05) is 17.7 Å². The van der Waals surface area contributed by atoms with Gasteiger partial charge < -0.3 is 19.8 Å². The van der Waals surface area contributed by atoms with Crippen molar-refractivity contribution in [3.05, 3.63) is 53.0 Å². The molecule has 3 fully saturated rings. The van der Waals surface area contributed by atoms with Crippen LogP contribution in [0.5, 0.6) is 0 Å². The Morgan fingerprint density at radius 2 is 1.43 bits per heavy atom. The Bertz CT molecular complexity index is 891. The molecule has 1 amide bonds. The van der Waals surface area contributed by atoms with Crippen LogP contribution in [0.15, 0.2) is 47.4 Å². The van der Waals surface area contributed by atoms with E-state index in [1.807, 2.05) is 33.8 Å². The molecule has 2 N–H and O–H groups in total. The topological polar surface area (TPSA) is 92.5 Å². The van der Waals surface area contributed by atoms with Gasteiger partial charge in [0, 0.05) is 51.0 Å². The van der Waals surface area contributed by atoms with E-state index in [0.717, 1.165) is 44.8 Å². The highest BCUT2D eigenvalue weighted by molar-refractivity contribution is 6.22. The first-order valence-electron chi connectivity index (χ1n) is 9.30. The summed E-state index contributed by atoms with van der Waals surface area (Å²) >= 11 is 0. The molecule has 0 aromatic heterocycles. The molecule has 0 spiro atoms. The zero-order valence-corrected chi connectivity index (χ0v) is 15.6. The second-order valence-corrected chi connectivity index (χ2v) is 7.18. The van der Waals surface area contributed by atoms with Crippen LogP contribution in [0.25, 0.3) is 0 Å². The van der Waals surface area contributed by atoms with E-state index >= 15 is 0 Å². The Balaban J connectivity index is 0.000000153. The summed E-state index contributed by atoms with van der Waals surface area (Å²) in [6.45, 7) is 7.36. The number of anilines is 1. The first-order chi connectivity index (χ1) is 13.4. The average Bonchev–Trinajstić information content (AvgIpc) is 3.49. The van der Waals surface area contributed by atoms with Crippen molar-refractivity contribution in [3.63, 3.8) is 0 Å². The number of nitrogens with zero attached hydrogens (tertiary/aromatic N) is 3. The van der Waals surface area contributed by atoms with Crippen LogP contribution in [-0.2, 0) is 9.59 Å². The fourth-order valence-corrected chi connectivity index (χ4v) is 3.04. The highest BCUT2D eigenvalue weighted by atomic mass is 16.4. The molecule has 0 bridgehead atoms. The lowest BCUT2D eigenvalue weighted by molar-refractivity contribution is -0.117. The number of hydrogen-bond acceptors (Lipinski definition) is 6. The minimum atomic E-state index is -1.03. The predicted octanol–water partition coefficient (Wildman–Crippen LogP) is 1.27. The van der Waals surface area contributed by atoms with Crippen molar-refractivity contribution >= 4 is 23.3 Å². The highest BCUT2D eigenvalue weighted by Crippen LogP contribution is 2.33. The van der Waals surface area contributed by atoms with Crippen LogP contribution in [0, 0.1) is 6.92 Å². The molecule has 0 radical (unpaired) electrons. The Kier molecular flexibility index (Phi) is 4.54. The number of carbonyl (C=O) groups is 3. The molecule has 1 aliphatic carbocycles. The van der Waals surface area contributed by atoms with Crippen LogP contribution in [0.1, 0.15) is 5.56 Å². The molecular formula is C20H22N4O4. The van der Waals surface area contributed by atoms with Gasteiger partial charge in [0.25, 0.3) is 0 Å². The number of Topliss-reactive ketones (excluding diaryl/α,β-unsaturated/α-hetero) is 1. The summed E-state index contributed by atoms with van der Waals surface area (Å²) in [5.74, 6) is 0.0485. The van der Waals surface area contributed by atoms with E-state index in [-0.39, 0.29) is 11.6 Å². The Labute approximate surface area is 162 Å². The Morgan fingerprint density at radius 3 is 1.93 bits per heavy atom. The van der Waals surface area contributed by atoms with Gasteiger partial charge in [-0.05, 0) is 19.1 Å². The second kappa shape index (κ2) is 7.03. The van der Waals surface area contributed by atoms with Gasteiger partial charge in [0.05, 0.1) is 5.70 Å². The lowest BCUT2D eigenvalue weighted by Crippen LogP contribution is -2.29. The van der Waals surface area contributed by atoms with Gasteiger partial charge in [-0.2, -0.15) is 0 Å². The van der Waals surface area contributed by atoms with E-state index < -0.39 is 6.09 Å². The fourth-order valence-electron chi connectivity index (χ4n) is 3.04. The summed E-state index contributed by atoms with van der Waals surface area (Å²) in [6.07, 6.45) is 0.490. The normalized spacial score (nSPS) is 19.8. The molecule has 146 valence electrons. The number of carboxylic acid groups (broad SMARTS) is 1. The molecule has 28 heavy (non-hydrogen) atoms. The standard InChI is InChI=1S/C12H13N3O2.C8H9NO2/c16-9-7-8(13-1-2-13)12(17)11(15-5-6-15)10(9)14-3-4-14;1-6-2-4-7(5-3-6)9-8(10)11/h7H,1-6H2;2-5,9H,1H3,(H,10,11). The lowest BCUT2D eigenvalue weighted by Gasteiger charge is -2.21. The fraction of sp³-hybridized carbons (Fsp3) is 0.350. The largest absolute Gasteiger partial charge is 0.465 e. The molecule has 5 rings (SSSR count). The molecular weight excluding hydrogens is 360 g/mol. The molecule has 0 saturated carbocycles. The highest BCUT2D eigenvalue weighted by Gasteiger charge is 2.43. The van der Waals surface area contributed by atoms with Gasteiger partial charge in [0.2, 0.25) is 11.6 Å². The maximum atomic E-state index is 12.4. The molecule has 1 aromatic rings. The molecule has 0 atom stereocenters. The van der Waals surface area contributed by atoms with Crippen molar-refractivity contribution < 1.29 is 19.5 Å². The van der Waals surface area contributed by atoms with Crippen molar-refractivity contribution in [1.82, 2.24) is 14.7 Å². The van der Waals surface area contributed by atoms with Crippen molar-refractivity contribution in [3.8, 4) is 0 Å². The molecule has 8 heteroatoms. The number of aryl methyl sites for hydroxylation is 1. The van der Waals surface area contributed by atoms with Gasteiger partial charge in [0.1, 0.15) is 11.4 Å². The van der Waals surface area contributed by atoms with E-state index in [4.69, 9.17) is 5.11 Å². The maximum Gasteiger partial charge on any atom is 0.409 e. The maximum absolute atomic E-state index is 12.4. The Hall–Kier alpha value is -3.29. The third kappa shape index (κ3) is 4.00. The van der Waals surface area contributed by atoms with Crippen LogP contribution in [0.4, 0.5) is 10.5 Å². The molecule has 8 nitrogen and oxygen atoms in total. The number of nitrogens with one attached hydrogen (secondary N) is 1. The van der Waals surface area contributed by atoms with Gasteiger partial charge in [-0.25, -0.2) is 4.79 Å². The van der Waals surface area contributed by atoms with Crippen LogP contribution >= 0.6 is 0 Å². The molecule has 3 heterocycles. The molecule has 3 saturated heterocycles. The van der Waals surface area contributed by atoms with Crippen LogP contribution < -0.4 is 5.32 Å². The van der Waals surface area contributed by atoms with Crippen molar-refractivity contribution in [1.29, 1.82) is 0 Å². The number of allylic oxidation sites excluding steroid dienone is 1. The van der Waals surface area contributed by atoms with E-state index in [0.29, 0.717) is 22.8 Å². The molecule has 1 aromatic carbocycles. The first-order valence-corrected chi connectivity index (χ1v) is 9.30. The summed E-state index contributed by atoms with van der Waals surface area (Å²) in [7, 11) is 0. The van der Waals surface area contributed by atoms with Crippen LogP contribution in [-0.4, -0.2) is 76.7 Å². The second-order valence-electron chi connectivity index (χ2n) is 7.18. The van der Waals surface area contributed by atoms with Gasteiger partial charge in [0.15, 0.2) is 0 Å². The van der Waals surface area contributed by atoms with Crippen molar-refractivity contribution in [2.24, 2.45) is 0 Å². The summed E-state index contributed by atoms with van der Waals surface area (Å²) in [5.41, 5.74) is 3.60. The van der Waals surface area contributed by atoms with Gasteiger partial charge >= 0.3 is 6.09 Å². The smallest absolute Gasteiger partial charge is 0.409 e. The number of rotatable bonds is 4. The van der Waals surface area contributed by atoms with Crippen molar-refractivity contribution in [2.45, 2.75) is 6.92 Å². The minimum Gasteiger partial charge on any atom is -0.465 e. The molecule has 0 unspecified atom stereocenters. The number of ketones is 2. The number of benzene rings is 1. The van der Waals surface area contributed by atoms with E-state index in [9.17, 15) is 14.4 Å². The zero-order chi connectivity index (χ0) is 19.8. The summed E-state index contributed by atoms with van der Waals surface area (Å²) in [5, 5.41) is 10.6. The monoisotopic (exact) mass is 382 g/mol. The lowest BCUT2D eigenvalue weighted by atomic mass is 10.0. The molecule has 4 aliphatic rings. The van der Waals surface area contributed by atoms with Crippen LogP contribution in [0.2, 0.25) is 0 Å².